The second-order valence-electron chi connectivity index (χ2n) is 5.00. The number of aliphatic carboxylic acids is 1. The van der Waals surface area contributed by atoms with Crippen molar-refractivity contribution >= 4 is 17.7 Å². The summed E-state index contributed by atoms with van der Waals surface area (Å²) in [7, 11) is 0. The predicted molar refractivity (Wildman–Crippen MR) is 78.2 cm³/mol. The van der Waals surface area contributed by atoms with E-state index >= 15 is 0 Å². The lowest BCUT2D eigenvalue weighted by Gasteiger charge is -2.14. The predicted octanol–water partition coefficient (Wildman–Crippen LogP) is 2.58. The molecule has 1 aliphatic carbocycles. The zero-order valence-electron chi connectivity index (χ0n) is 11.9. The van der Waals surface area contributed by atoms with Gasteiger partial charge in [-0.1, -0.05) is 31.5 Å². The Morgan fingerprint density at radius 3 is 2.95 bits per heavy atom. The molecule has 1 fully saturated rings. The molecule has 0 atom stereocenters. The maximum absolute atomic E-state index is 10.7. The molecule has 0 unspecified atom stereocenters. The number of carboxylic acids is 1. The van der Waals surface area contributed by atoms with E-state index in [1.807, 2.05) is 6.20 Å². The number of thioether (sulfide) groups is 1. The summed E-state index contributed by atoms with van der Waals surface area (Å²) in [5.41, 5.74) is 1.13. The summed E-state index contributed by atoms with van der Waals surface area (Å²) < 4.78 is 7.97. The summed E-state index contributed by atoms with van der Waals surface area (Å²) in [6, 6.07) is 0. The van der Waals surface area contributed by atoms with E-state index in [9.17, 15) is 4.79 Å². The number of aromatic nitrogens is 2. The number of rotatable bonds is 8. The lowest BCUT2D eigenvalue weighted by Crippen LogP contribution is -2.15. The van der Waals surface area contributed by atoms with Crippen molar-refractivity contribution in [2.75, 3.05) is 12.4 Å². The Balaban J connectivity index is 1.89. The smallest absolute Gasteiger partial charge is 0.313 e. The standard InChI is InChI=1S/C14H22N2O3S/c1-2-11-9-15-14(20-10-13(17)18)16(11)7-8-19-12-5-3-4-6-12/h9,12H,2-8,10H2,1H3,(H,17,18). The van der Waals surface area contributed by atoms with E-state index in [0.717, 1.165) is 23.8 Å². The number of imidazole rings is 1. The van der Waals surface area contributed by atoms with E-state index in [0.29, 0.717) is 12.7 Å². The molecule has 112 valence electrons. The lowest BCUT2D eigenvalue weighted by atomic mass is 10.3. The second-order valence-corrected chi connectivity index (χ2v) is 5.94. The number of aryl methyl sites for hydroxylation is 1. The number of hydrogen-bond acceptors (Lipinski definition) is 4. The Hall–Kier alpha value is -1.01. The van der Waals surface area contributed by atoms with E-state index in [4.69, 9.17) is 9.84 Å². The number of hydrogen-bond donors (Lipinski definition) is 1. The summed E-state index contributed by atoms with van der Waals surface area (Å²) in [4.78, 5) is 15.0. The lowest BCUT2D eigenvalue weighted by molar-refractivity contribution is -0.133. The highest BCUT2D eigenvalue weighted by atomic mass is 32.2. The van der Waals surface area contributed by atoms with Crippen LogP contribution in [0.1, 0.15) is 38.3 Å². The highest BCUT2D eigenvalue weighted by Gasteiger charge is 2.16. The average molecular weight is 298 g/mol. The third-order valence-electron chi connectivity index (χ3n) is 3.56. The van der Waals surface area contributed by atoms with Crippen LogP contribution in [0.25, 0.3) is 0 Å². The van der Waals surface area contributed by atoms with Crippen molar-refractivity contribution in [2.45, 2.75) is 56.8 Å². The summed E-state index contributed by atoms with van der Waals surface area (Å²) in [5.74, 6) is -0.770. The average Bonchev–Trinajstić information content (AvgIpc) is 3.06. The van der Waals surface area contributed by atoms with Crippen LogP contribution >= 0.6 is 11.8 Å². The quantitative estimate of drug-likeness (QED) is 0.747. The molecule has 6 heteroatoms. The van der Waals surface area contributed by atoms with Gasteiger partial charge in [0.15, 0.2) is 5.16 Å². The molecule has 0 saturated heterocycles. The first-order valence-corrected chi connectivity index (χ1v) is 8.20. The van der Waals surface area contributed by atoms with Gasteiger partial charge in [-0.05, 0) is 19.3 Å². The highest BCUT2D eigenvalue weighted by Crippen LogP contribution is 2.22. The fourth-order valence-corrected chi connectivity index (χ4v) is 3.26. The third-order valence-corrected chi connectivity index (χ3v) is 4.53. The topological polar surface area (TPSA) is 64.3 Å². The first-order chi connectivity index (χ1) is 9.70. The molecular weight excluding hydrogens is 276 g/mol. The summed E-state index contributed by atoms with van der Waals surface area (Å²) >= 11 is 1.27. The Bertz CT molecular complexity index is 442. The van der Waals surface area contributed by atoms with Crippen LogP contribution in [0, 0.1) is 0 Å². The van der Waals surface area contributed by atoms with Crippen molar-refractivity contribution in [1.29, 1.82) is 0 Å². The SMILES string of the molecule is CCc1cnc(SCC(=O)O)n1CCOC1CCCC1. The van der Waals surface area contributed by atoms with E-state index in [2.05, 4.69) is 16.5 Å². The van der Waals surface area contributed by atoms with Gasteiger partial charge in [0, 0.05) is 18.4 Å². The van der Waals surface area contributed by atoms with Gasteiger partial charge in [-0.2, -0.15) is 0 Å². The molecule has 20 heavy (non-hydrogen) atoms. The molecule has 0 aromatic carbocycles. The minimum atomic E-state index is -0.815. The van der Waals surface area contributed by atoms with Crippen LogP contribution in [0.5, 0.6) is 0 Å². The molecule has 0 radical (unpaired) electrons. The van der Waals surface area contributed by atoms with Gasteiger partial charge < -0.3 is 14.4 Å². The molecule has 1 aliphatic rings. The Morgan fingerprint density at radius 1 is 1.55 bits per heavy atom. The van der Waals surface area contributed by atoms with Crippen LogP contribution in [0.2, 0.25) is 0 Å². The molecule has 1 saturated carbocycles. The zero-order valence-corrected chi connectivity index (χ0v) is 12.7. The maximum atomic E-state index is 10.7. The van der Waals surface area contributed by atoms with Crippen LogP contribution < -0.4 is 0 Å². The number of carbonyl (C=O) groups is 1. The fraction of sp³-hybridized carbons (Fsp3) is 0.714. The fourth-order valence-electron chi connectivity index (χ4n) is 2.52. The first-order valence-electron chi connectivity index (χ1n) is 7.21. The minimum absolute atomic E-state index is 0.0453. The van der Waals surface area contributed by atoms with Crippen LogP contribution in [-0.2, 0) is 22.5 Å². The molecule has 1 aromatic heterocycles. The van der Waals surface area contributed by atoms with Gasteiger partial charge in [0.25, 0.3) is 0 Å². The van der Waals surface area contributed by atoms with Gasteiger partial charge in [-0.3, -0.25) is 4.79 Å². The molecule has 1 aromatic rings. The molecule has 0 bridgehead atoms. The van der Waals surface area contributed by atoms with Crippen LogP contribution in [0.4, 0.5) is 0 Å². The maximum Gasteiger partial charge on any atom is 0.313 e. The van der Waals surface area contributed by atoms with Gasteiger partial charge in [-0.25, -0.2) is 4.98 Å². The Morgan fingerprint density at radius 2 is 2.30 bits per heavy atom. The van der Waals surface area contributed by atoms with Gasteiger partial charge in [0.05, 0.1) is 18.5 Å². The van der Waals surface area contributed by atoms with Crippen molar-refractivity contribution in [1.82, 2.24) is 9.55 Å². The van der Waals surface area contributed by atoms with E-state index in [1.54, 1.807) is 0 Å². The van der Waals surface area contributed by atoms with Crippen LogP contribution in [-0.4, -0.2) is 39.1 Å². The van der Waals surface area contributed by atoms with Crippen LogP contribution in [0.15, 0.2) is 11.4 Å². The molecule has 1 N–H and O–H groups in total. The van der Waals surface area contributed by atoms with Crippen LogP contribution in [0.3, 0.4) is 0 Å². The Kier molecular flexibility index (Phi) is 5.91. The highest BCUT2D eigenvalue weighted by molar-refractivity contribution is 7.99. The molecule has 2 rings (SSSR count). The second kappa shape index (κ2) is 7.69. The molecule has 0 aliphatic heterocycles. The van der Waals surface area contributed by atoms with Crippen molar-refractivity contribution < 1.29 is 14.6 Å². The summed E-state index contributed by atoms with van der Waals surface area (Å²) in [6.45, 7) is 3.51. The van der Waals surface area contributed by atoms with Gasteiger partial charge in [0.1, 0.15) is 0 Å². The van der Waals surface area contributed by atoms with E-state index in [1.165, 1.54) is 37.4 Å². The molecule has 0 amide bonds. The summed E-state index contributed by atoms with van der Waals surface area (Å²) in [6.07, 6.45) is 8.03. The number of carboxylic acid groups (broad SMARTS) is 1. The normalized spacial score (nSPS) is 15.8. The third kappa shape index (κ3) is 4.24. The first kappa shape index (κ1) is 15.4. The van der Waals surface area contributed by atoms with Crippen molar-refractivity contribution in [3.8, 4) is 0 Å². The van der Waals surface area contributed by atoms with Gasteiger partial charge >= 0.3 is 5.97 Å². The molecule has 0 spiro atoms. The van der Waals surface area contributed by atoms with Gasteiger partial charge in [-0.15, -0.1) is 0 Å². The number of nitrogens with zero attached hydrogens (tertiary/aromatic N) is 2. The minimum Gasteiger partial charge on any atom is -0.481 e. The van der Waals surface area contributed by atoms with Gasteiger partial charge in [0.2, 0.25) is 0 Å². The zero-order chi connectivity index (χ0) is 14.4. The summed E-state index contributed by atoms with van der Waals surface area (Å²) in [5, 5.41) is 9.54. The van der Waals surface area contributed by atoms with Crippen molar-refractivity contribution in [2.24, 2.45) is 0 Å². The Labute approximate surface area is 123 Å². The van der Waals surface area contributed by atoms with E-state index < -0.39 is 5.97 Å². The van der Waals surface area contributed by atoms with Crippen molar-refractivity contribution in [3.63, 3.8) is 0 Å². The van der Waals surface area contributed by atoms with Crippen molar-refractivity contribution in [3.05, 3.63) is 11.9 Å². The molecule has 1 heterocycles. The monoisotopic (exact) mass is 298 g/mol. The molecular formula is C14H22N2O3S. The van der Waals surface area contributed by atoms with E-state index in [-0.39, 0.29) is 5.75 Å². The molecule has 5 nitrogen and oxygen atoms in total. The largest absolute Gasteiger partial charge is 0.481 e. The number of ether oxygens (including phenoxy) is 1.